The first-order valence-electron chi connectivity index (χ1n) is 10.4. The van der Waals surface area contributed by atoms with E-state index in [0.717, 1.165) is 31.7 Å². The maximum atomic E-state index is 12.5. The van der Waals surface area contributed by atoms with E-state index >= 15 is 0 Å². The molecule has 3 heterocycles. The number of rotatable bonds is 5. The summed E-state index contributed by atoms with van der Waals surface area (Å²) in [6.07, 6.45) is 13.1. The van der Waals surface area contributed by atoms with Crippen molar-refractivity contribution in [1.82, 2.24) is 15.2 Å². The van der Waals surface area contributed by atoms with Crippen LogP contribution in [0, 0.1) is 0 Å². The Kier molecular flexibility index (Phi) is 7.30. The summed E-state index contributed by atoms with van der Waals surface area (Å²) in [4.78, 5) is 21.6. The maximum absolute atomic E-state index is 12.5. The first kappa shape index (κ1) is 19.2. The largest absolute Gasteiger partial charge is 0.371 e. The monoisotopic (exact) mass is 358 g/mol. The molecule has 26 heavy (non-hydrogen) atoms. The molecule has 1 unspecified atom stereocenters. The van der Waals surface area contributed by atoms with Crippen molar-refractivity contribution in [3.8, 4) is 0 Å². The van der Waals surface area contributed by atoms with Crippen molar-refractivity contribution in [2.45, 2.75) is 63.8 Å². The predicted octanol–water partition coefficient (Wildman–Crippen LogP) is 3.46. The van der Waals surface area contributed by atoms with Crippen molar-refractivity contribution in [3.05, 3.63) is 24.0 Å². The van der Waals surface area contributed by atoms with Crippen LogP contribution in [0.5, 0.6) is 0 Å². The summed E-state index contributed by atoms with van der Waals surface area (Å²) in [6, 6.07) is 4.62. The molecule has 2 fully saturated rings. The van der Waals surface area contributed by atoms with Crippen LogP contribution in [0.4, 0.5) is 5.69 Å². The lowest BCUT2D eigenvalue weighted by atomic mass is 10.1. The molecule has 1 aromatic heterocycles. The van der Waals surface area contributed by atoms with E-state index in [1.807, 2.05) is 12.1 Å². The Hall–Kier alpha value is -1.62. The summed E-state index contributed by atoms with van der Waals surface area (Å²) in [5.41, 5.74) is 1.68. The molecule has 0 saturated carbocycles. The molecule has 5 heteroatoms. The van der Waals surface area contributed by atoms with E-state index in [2.05, 4.69) is 27.1 Å². The van der Waals surface area contributed by atoms with Gasteiger partial charge in [-0.15, -0.1) is 0 Å². The quantitative estimate of drug-likeness (QED) is 0.876. The number of amides is 1. The second-order valence-corrected chi connectivity index (χ2v) is 7.83. The van der Waals surface area contributed by atoms with E-state index in [1.165, 1.54) is 57.9 Å². The average molecular weight is 359 g/mol. The maximum Gasteiger partial charge on any atom is 0.269 e. The fourth-order valence-electron chi connectivity index (χ4n) is 4.21. The smallest absolute Gasteiger partial charge is 0.269 e. The summed E-state index contributed by atoms with van der Waals surface area (Å²) < 4.78 is 0. The molecule has 1 aromatic rings. The summed E-state index contributed by atoms with van der Waals surface area (Å²) >= 11 is 0. The van der Waals surface area contributed by atoms with E-state index in [0.29, 0.717) is 11.7 Å². The van der Waals surface area contributed by atoms with Gasteiger partial charge in [-0.3, -0.25) is 9.78 Å². The number of anilines is 1. The molecule has 0 bridgehead atoms. The van der Waals surface area contributed by atoms with E-state index < -0.39 is 0 Å². The fourth-order valence-corrected chi connectivity index (χ4v) is 4.21. The normalized spacial score (nSPS) is 22.5. The molecular formula is C21H34N4O. The molecular weight excluding hydrogens is 324 g/mol. The minimum absolute atomic E-state index is 0.0447. The van der Waals surface area contributed by atoms with Gasteiger partial charge in [0, 0.05) is 37.6 Å². The minimum Gasteiger partial charge on any atom is -0.371 e. The van der Waals surface area contributed by atoms with Crippen molar-refractivity contribution in [3.63, 3.8) is 0 Å². The van der Waals surface area contributed by atoms with Crippen molar-refractivity contribution in [2.75, 3.05) is 38.1 Å². The number of likely N-dealkylation sites (tertiary alicyclic amines) is 1. The summed E-state index contributed by atoms with van der Waals surface area (Å²) in [7, 11) is 2.18. The third-order valence-electron chi connectivity index (χ3n) is 5.88. The Bertz CT molecular complexity index is 567. The topological polar surface area (TPSA) is 48.5 Å². The highest BCUT2D eigenvalue weighted by molar-refractivity contribution is 5.93. The summed E-state index contributed by atoms with van der Waals surface area (Å²) in [5, 5.41) is 3.06. The number of carbonyl (C=O) groups is 1. The molecule has 0 aliphatic carbocycles. The van der Waals surface area contributed by atoms with Crippen molar-refractivity contribution in [2.24, 2.45) is 0 Å². The highest BCUT2D eigenvalue weighted by Gasteiger charge is 2.20. The molecule has 0 radical (unpaired) electrons. The Morgan fingerprint density at radius 2 is 1.85 bits per heavy atom. The SMILES string of the molecule is CN1CCCC1CCNC(=O)c1cc(N2CCCCCCCC2)ccn1. The van der Waals surface area contributed by atoms with Crippen LogP contribution in [0.15, 0.2) is 18.3 Å². The Morgan fingerprint density at radius 3 is 2.54 bits per heavy atom. The number of pyridine rings is 1. The zero-order chi connectivity index (χ0) is 18.2. The molecule has 0 spiro atoms. The zero-order valence-corrected chi connectivity index (χ0v) is 16.3. The minimum atomic E-state index is -0.0447. The number of nitrogens with one attached hydrogen (secondary N) is 1. The number of aromatic nitrogens is 1. The van der Waals surface area contributed by atoms with Crippen LogP contribution in [-0.2, 0) is 0 Å². The van der Waals surface area contributed by atoms with E-state index in [1.54, 1.807) is 6.20 Å². The van der Waals surface area contributed by atoms with Gasteiger partial charge in [-0.1, -0.05) is 25.7 Å². The summed E-state index contributed by atoms with van der Waals surface area (Å²) in [5.74, 6) is -0.0447. The van der Waals surface area contributed by atoms with Gasteiger partial charge in [-0.2, -0.15) is 0 Å². The van der Waals surface area contributed by atoms with Crippen LogP contribution in [-0.4, -0.2) is 55.1 Å². The van der Waals surface area contributed by atoms with Gasteiger partial charge < -0.3 is 15.1 Å². The lowest BCUT2D eigenvalue weighted by Gasteiger charge is -2.24. The van der Waals surface area contributed by atoms with Gasteiger partial charge in [-0.25, -0.2) is 0 Å². The lowest BCUT2D eigenvalue weighted by molar-refractivity contribution is 0.0945. The van der Waals surface area contributed by atoms with Gasteiger partial charge in [0.1, 0.15) is 5.69 Å². The molecule has 1 N–H and O–H groups in total. The predicted molar refractivity (Wildman–Crippen MR) is 107 cm³/mol. The first-order chi connectivity index (χ1) is 12.7. The molecule has 1 amide bonds. The summed E-state index contributed by atoms with van der Waals surface area (Å²) in [6.45, 7) is 4.07. The average Bonchev–Trinajstić information content (AvgIpc) is 3.12. The molecule has 2 aliphatic rings. The van der Waals surface area contributed by atoms with Gasteiger partial charge in [0.2, 0.25) is 0 Å². The number of hydrogen-bond acceptors (Lipinski definition) is 4. The fraction of sp³-hybridized carbons (Fsp3) is 0.714. The van der Waals surface area contributed by atoms with Gasteiger partial charge in [0.15, 0.2) is 0 Å². The number of carbonyl (C=O) groups excluding carboxylic acids is 1. The molecule has 3 rings (SSSR count). The third-order valence-corrected chi connectivity index (χ3v) is 5.88. The number of hydrogen-bond donors (Lipinski definition) is 1. The Morgan fingerprint density at radius 1 is 1.12 bits per heavy atom. The van der Waals surface area contributed by atoms with Crippen LogP contribution in [0.3, 0.4) is 0 Å². The van der Waals surface area contributed by atoms with Gasteiger partial charge in [0.05, 0.1) is 0 Å². The number of nitrogens with zero attached hydrogens (tertiary/aromatic N) is 3. The second-order valence-electron chi connectivity index (χ2n) is 7.83. The Labute approximate surface area is 158 Å². The van der Waals surface area contributed by atoms with Crippen LogP contribution >= 0.6 is 0 Å². The van der Waals surface area contributed by atoms with E-state index in [4.69, 9.17) is 0 Å². The van der Waals surface area contributed by atoms with Crippen molar-refractivity contribution >= 4 is 11.6 Å². The van der Waals surface area contributed by atoms with E-state index in [-0.39, 0.29) is 5.91 Å². The zero-order valence-electron chi connectivity index (χ0n) is 16.3. The molecule has 144 valence electrons. The highest BCUT2D eigenvalue weighted by atomic mass is 16.1. The van der Waals surface area contributed by atoms with Crippen LogP contribution < -0.4 is 10.2 Å². The van der Waals surface area contributed by atoms with E-state index in [9.17, 15) is 4.79 Å². The first-order valence-corrected chi connectivity index (χ1v) is 10.4. The third kappa shape index (κ3) is 5.44. The van der Waals surface area contributed by atoms with Gasteiger partial charge in [0.25, 0.3) is 5.91 Å². The lowest BCUT2D eigenvalue weighted by Crippen LogP contribution is -2.32. The molecule has 5 nitrogen and oxygen atoms in total. The van der Waals surface area contributed by atoms with Gasteiger partial charge >= 0.3 is 0 Å². The Balaban J connectivity index is 1.54. The second kappa shape index (κ2) is 9.91. The molecule has 2 saturated heterocycles. The van der Waals surface area contributed by atoms with Gasteiger partial charge in [-0.05, 0) is 57.8 Å². The molecule has 1 atom stereocenters. The van der Waals surface area contributed by atoms with Crippen LogP contribution in [0.1, 0.15) is 68.3 Å². The highest BCUT2D eigenvalue weighted by Crippen LogP contribution is 2.20. The van der Waals surface area contributed by atoms with Crippen LogP contribution in [0.25, 0.3) is 0 Å². The molecule has 0 aromatic carbocycles. The van der Waals surface area contributed by atoms with Crippen LogP contribution in [0.2, 0.25) is 0 Å². The van der Waals surface area contributed by atoms with Crippen molar-refractivity contribution < 1.29 is 4.79 Å². The standard InChI is InChI=1S/C21H34N4O/c1-24-14-8-9-18(24)10-13-23-21(26)20-17-19(11-12-22-20)25-15-6-4-2-3-5-7-16-25/h11-12,17-18H,2-10,13-16H2,1H3,(H,23,26). The molecule has 2 aliphatic heterocycles. The van der Waals surface area contributed by atoms with Crippen molar-refractivity contribution in [1.29, 1.82) is 0 Å².